The lowest BCUT2D eigenvalue weighted by Crippen LogP contribution is -2.32. The summed E-state index contributed by atoms with van der Waals surface area (Å²) in [7, 11) is 0. The maximum atomic E-state index is 5.78. The van der Waals surface area contributed by atoms with Crippen LogP contribution in [0, 0.1) is 0 Å². The summed E-state index contributed by atoms with van der Waals surface area (Å²) in [5.74, 6) is 0.979. The van der Waals surface area contributed by atoms with Crippen LogP contribution in [0.5, 0.6) is 5.75 Å². The molecule has 2 rings (SSSR count). The summed E-state index contributed by atoms with van der Waals surface area (Å²) in [5.41, 5.74) is 7.78. The third-order valence-electron chi connectivity index (χ3n) is 2.82. The quantitative estimate of drug-likeness (QED) is 0.713. The van der Waals surface area contributed by atoms with E-state index in [1.807, 2.05) is 18.2 Å². The molecule has 0 amide bonds. The van der Waals surface area contributed by atoms with Gasteiger partial charge in [0.05, 0.1) is 0 Å². The number of anilines is 1. The van der Waals surface area contributed by atoms with Crippen molar-refractivity contribution in [3.8, 4) is 5.75 Å². The van der Waals surface area contributed by atoms with E-state index in [2.05, 4.69) is 18.7 Å². The Kier molecular flexibility index (Phi) is 2.82. The monoisotopic (exact) mass is 206 g/mol. The van der Waals surface area contributed by atoms with Crippen LogP contribution in [0.2, 0.25) is 0 Å². The number of hydrogen-bond donors (Lipinski definition) is 1. The molecule has 1 heterocycles. The summed E-state index contributed by atoms with van der Waals surface area (Å²) in [6, 6.07) is 6.41. The SMILES string of the molecule is CC(C)N1CCOc2ccc(N)cc2C1. The fourth-order valence-corrected chi connectivity index (χ4v) is 1.88. The number of rotatable bonds is 1. The molecule has 0 saturated carbocycles. The van der Waals surface area contributed by atoms with Gasteiger partial charge in [0.2, 0.25) is 0 Å². The lowest BCUT2D eigenvalue weighted by molar-refractivity contribution is 0.189. The molecule has 0 fully saturated rings. The van der Waals surface area contributed by atoms with Gasteiger partial charge in [-0.05, 0) is 32.0 Å². The molecule has 3 heteroatoms. The Labute approximate surface area is 90.8 Å². The van der Waals surface area contributed by atoms with Gasteiger partial charge in [0.15, 0.2) is 0 Å². The van der Waals surface area contributed by atoms with Gasteiger partial charge in [-0.15, -0.1) is 0 Å². The molecule has 3 nitrogen and oxygen atoms in total. The summed E-state index contributed by atoms with van der Waals surface area (Å²) < 4.78 is 5.69. The van der Waals surface area contributed by atoms with Gasteiger partial charge in [0.25, 0.3) is 0 Å². The summed E-state index contributed by atoms with van der Waals surface area (Å²) in [6.07, 6.45) is 0. The van der Waals surface area contributed by atoms with E-state index < -0.39 is 0 Å². The molecule has 15 heavy (non-hydrogen) atoms. The molecule has 1 aliphatic heterocycles. The molecule has 1 aromatic carbocycles. The van der Waals surface area contributed by atoms with Gasteiger partial charge in [-0.2, -0.15) is 0 Å². The molecule has 0 unspecified atom stereocenters. The maximum Gasteiger partial charge on any atom is 0.124 e. The van der Waals surface area contributed by atoms with Crippen molar-refractivity contribution in [2.45, 2.75) is 26.4 Å². The van der Waals surface area contributed by atoms with E-state index in [9.17, 15) is 0 Å². The third kappa shape index (κ3) is 2.23. The van der Waals surface area contributed by atoms with Crippen LogP contribution in [-0.4, -0.2) is 24.1 Å². The van der Waals surface area contributed by atoms with E-state index in [0.717, 1.165) is 31.1 Å². The van der Waals surface area contributed by atoms with Crippen LogP contribution in [0.25, 0.3) is 0 Å². The molecule has 0 bridgehead atoms. The topological polar surface area (TPSA) is 38.5 Å². The molecule has 0 radical (unpaired) electrons. The van der Waals surface area contributed by atoms with Gasteiger partial charge in [-0.25, -0.2) is 0 Å². The fraction of sp³-hybridized carbons (Fsp3) is 0.500. The lowest BCUT2D eigenvalue weighted by atomic mass is 10.1. The Hall–Kier alpha value is -1.22. The van der Waals surface area contributed by atoms with Crippen molar-refractivity contribution >= 4 is 5.69 Å². The Morgan fingerprint density at radius 2 is 2.20 bits per heavy atom. The molecule has 0 atom stereocenters. The molecular weight excluding hydrogens is 188 g/mol. The van der Waals surface area contributed by atoms with E-state index in [1.54, 1.807) is 0 Å². The van der Waals surface area contributed by atoms with E-state index in [0.29, 0.717) is 6.04 Å². The van der Waals surface area contributed by atoms with Crippen molar-refractivity contribution in [2.75, 3.05) is 18.9 Å². The second-order valence-corrected chi connectivity index (χ2v) is 4.28. The summed E-state index contributed by atoms with van der Waals surface area (Å²) in [5, 5.41) is 0. The Morgan fingerprint density at radius 3 is 2.93 bits per heavy atom. The zero-order chi connectivity index (χ0) is 10.8. The van der Waals surface area contributed by atoms with Gasteiger partial charge < -0.3 is 10.5 Å². The average molecular weight is 206 g/mol. The van der Waals surface area contributed by atoms with Gasteiger partial charge in [0.1, 0.15) is 12.4 Å². The van der Waals surface area contributed by atoms with Crippen LogP contribution in [0.3, 0.4) is 0 Å². The zero-order valence-corrected chi connectivity index (χ0v) is 9.36. The number of nitrogens with two attached hydrogens (primary N) is 1. The normalized spacial score (nSPS) is 17.0. The molecule has 82 valence electrons. The highest BCUT2D eigenvalue weighted by Crippen LogP contribution is 2.25. The standard InChI is InChI=1S/C12H18N2O/c1-9(2)14-5-6-15-12-4-3-11(13)7-10(12)8-14/h3-4,7,9H,5-6,8,13H2,1-2H3. The highest BCUT2D eigenvalue weighted by Gasteiger charge is 2.17. The fourth-order valence-electron chi connectivity index (χ4n) is 1.88. The summed E-state index contributed by atoms with van der Waals surface area (Å²) >= 11 is 0. The van der Waals surface area contributed by atoms with Crippen molar-refractivity contribution < 1.29 is 4.74 Å². The highest BCUT2D eigenvalue weighted by atomic mass is 16.5. The molecule has 0 saturated heterocycles. The number of nitrogens with zero attached hydrogens (tertiary/aromatic N) is 1. The first-order valence-corrected chi connectivity index (χ1v) is 5.42. The van der Waals surface area contributed by atoms with Crippen LogP contribution in [0.4, 0.5) is 5.69 Å². The number of hydrogen-bond acceptors (Lipinski definition) is 3. The van der Waals surface area contributed by atoms with Gasteiger partial charge in [0, 0.05) is 30.4 Å². The number of fused-ring (bicyclic) bond motifs is 1. The first-order valence-electron chi connectivity index (χ1n) is 5.42. The Morgan fingerprint density at radius 1 is 1.40 bits per heavy atom. The average Bonchev–Trinajstić information content (AvgIpc) is 2.39. The molecule has 1 aromatic rings. The van der Waals surface area contributed by atoms with Crippen molar-refractivity contribution in [3.05, 3.63) is 23.8 Å². The van der Waals surface area contributed by atoms with Crippen LogP contribution in [-0.2, 0) is 6.54 Å². The van der Waals surface area contributed by atoms with Crippen LogP contribution in [0.1, 0.15) is 19.4 Å². The number of nitrogen functional groups attached to an aromatic ring is 1. The predicted molar refractivity (Wildman–Crippen MR) is 61.9 cm³/mol. The van der Waals surface area contributed by atoms with E-state index in [1.165, 1.54) is 5.56 Å². The Bertz CT molecular complexity index is 349. The molecule has 0 aromatic heterocycles. The van der Waals surface area contributed by atoms with Crippen molar-refractivity contribution in [3.63, 3.8) is 0 Å². The van der Waals surface area contributed by atoms with E-state index >= 15 is 0 Å². The molecule has 2 N–H and O–H groups in total. The first kappa shape index (κ1) is 10.3. The Balaban J connectivity index is 2.27. The first-order chi connectivity index (χ1) is 7.16. The van der Waals surface area contributed by atoms with Gasteiger partial charge in [-0.1, -0.05) is 0 Å². The third-order valence-corrected chi connectivity index (χ3v) is 2.82. The van der Waals surface area contributed by atoms with Crippen molar-refractivity contribution in [2.24, 2.45) is 0 Å². The molecule has 1 aliphatic rings. The van der Waals surface area contributed by atoms with Crippen molar-refractivity contribution in [1.29, 1.82) is 0 Å². The van der Waals surface area contributed by atoms with E-state index in [4.69, 9.17) is 10.5 Å². The summed E-state index contributed by atoms with van der Waals surface area (Å²) in [6.45, 7) is 7.08. The molecule has 0 aliphatic carbocycles. The lowest BCUT2D eigenvalue weighted by Gasteiger charge is -2.23. The smallest absolute Gasteiger partial charge is 0.124 e. The van der Waals surface area contributed by atoms with E-state index in [-0.39, 0.29) is 0 Å². The number of ether oxygens (including phenoxy) is 1. The number of benzene rings is 1. The van der Waals surface area contributed by atoms with Gasteiger partial charge in [-0.3, -0.25) is 4.90 Å². The van der Waals surface area contributed by atoms with Gasteiger partial charge >= 0.3 is 0 Å². The predicted octanol–water partition coefficient (Wildman–Crippen LogP) is 1.87. The zero-order valence-electron chi connectivity index (χ0n) is 9.36. The largest absolute Gasteiger partial charge is 0.492 e. The molecular formula is C12H18N2O. The molecule has 0 spiro atoms. The van der Waals surface area contributed by atoms with Crippen LogP contribution in [0.15, 0.2) is 18.2 Å². The second-order valence-electron chi connectivity index (χ2n) is 4.28. The minimum absolute atomic E-state index is 0.543. The van der Waals surface area contributed by atoms with Crippen molar-refractivity contribution in [1.82, 2.24) is 4.90 Å². The summed E-state index contributed by atoms with van der Waals surface area (Å²) in [4.78, 5) is 2.39. The van der Waals surface area contributed by atoms with Crippen LogP contribution >= 0.6 is 0 Å². The minimum Gasteiger partial charge on any atom is -0.492 e. The highest BCUT2D eigenvalue weighted by molar-refractivity contribution is 5.48. The van der Waals surface area contributed by atoms with Crippen LogP contribution < -0.4 is 10.5 Å². The second kappa shape index (κ2) is 4.11. The maximum absolute atomic E-state index is 5.78. The minimum atomic E-state index is 0.543.